The number of hydrazine groups is 1. The lowest BCUT2D eigenvalue weighted by Gasteiger charge is -2.11. The molecule has 0 fully saturated rings. The lowest BCUT2D eigenvalue weighted by molar-refractivity contribution is 0.294. The number of hydrogen-bond donors (Lipinski definition) is 2. The SMILES string of the molecule is Cc1cc(OCc2c(F)cccc2F)c2nc(C)c(C3=NCNN3)n2c1. The zero-order valence-electron chi connectivity index (χ0n) is 14.3. The molecule has 1 aliphatic heterocycles. The number of pyridine rings is 1. The fraction of sp³-hybridized carbons (Fsp3) is 0.222. The molecule has 1 aliphatic rings. The Hall–Kier alpha value is -3.00. The molecule has 0 saturated carbocycles. The van der Waals surface area contributed by atoms with E-state index in [4.69, 9.17) is 4.74 Å². The van der Waals surface area contributed by atoms with Crippen LogP contribution in [0.1, 0.15) is 22.5 Å². The van der Waals surface area contributed by atoms with Crippen molar-refractivity contribution in [1.82, 2.24) is 20.2 Å². The van der Waals surface area contributed by atoms with Crippen LogP contribution in [0.15, 0.2) is 35.5 Å². The molecule has 0 radical (unpaired) electrons. The molecule has 4 rings (SSSR count). The molecule has 0 saturated heterocycles. The van der Waals surface area contributed by atoms with E-state index in [0.29, 0.717) is 23.9 Å². The maximum atomic E-state index is 13.8. The van der Waals surface area contributed by atoms with Gasteiger partial charge in [-0.05, 0) is 37.6 Å². The van der Waals surface area contributed by atoms with Gasteiger partial charge in [0.1, 0.15) is 30.6 Å². The Kier molecular flexibility index (Phi) is 4.04. The first-order chi connectivity index (χ1) is 12.5. The summed E-state index contributed by atoms with van der Waals surface area (Å²) in [5, 5.41) is 0. The summed E-state index contributed by atoms with van der Waals surface area (Å²) in [6.45, 7) is 4.04. The Morgan fingerprint density at radius 2 is 2.00 bits per heavy atom. The quantitative estimate of drug-likeness (QED) is 0.754. The molecule has 6 nitrogen and oxygen atoms in total. The Labute approximate surface area is 148 Å². The van der Waals surface area contributed by atoms with Crippen LogP contribution >= 0.6 is 0 Å². The number of rotatable bonds is 4. The van der Waals surface area contributed by atoms with E-state index >= 15 is 0 Å². The fourth-order valence-corrected chi connectivity index (χ4v) is 2.98. The number of imidazole rings is 1. The second-order valence-electron chi connectivity index (χ2n) is 6.08. The molecule has 0 aliphatic carbocycles. The van der Waals surface area contributed by atoms with Crippen molar-refractivity contribution in [2.24, 2.45) is 4.99 Å². The van der Waals surface area contributed by atoms with Crippen molar-refractivity contribution < 1.29 is 13.5 Å². The molecule has 8 heteroatoms. The van der Waals surface area contributed by atoms with Crippen LogP contribution in [0.3, 0.4) is 0 Å². The average Bonchev–Trinajstić information content (AvgIpc) is 3.21. The molecule has 2 aromatic heterocycles. The number of aromatic nitrogens is 2. The molecular formula is C18H17F2N5O. The predicted molar refractivity (Wildman–Crippen MR) is 93.0 cm³/mol. The second kappa shape index (κ2) is 6.38. The smallest absolute Gasteiger partial charge is 0.180 e. The summed E-state index contributed by atoms with van der Waals surface area (Å²) in [5.41, 5.74) is 8.90. The van der Waals surface area contributed by atoms with E-state index in [0.717, 1.165) is 17.0 Å². The van der Waals surface area contributed by atoms with E-state index < -0.39 is 11.6 Å². The first-order valence-corrected chi connectivity index (χ1v) is 8.13. The molecule has 0 spiro atoms. The minimum absolute atomic E-state index is 0.110. The van der Waals surface area contributed by atoms with E-state index in [1.54, 1.807) is 6.07 Å². The Morgan fingerprint density at radius 1 is 1.23 bits per heavy atom. The van der Waals surface area contributed by atoms with Crippen molar-refractivity contribution >= 4 is 11.5 Å². The van der Waals surface area contributed by atoms with Crippen LogP contribution in [0.5, 0.6) is 5.75 Å². The minimum atomic E-state index is -0.635. The van der Waals surface area contributed by atoms with Crippen LogP contribution in [-0.4, -0.2) is 21.9 Å². The van der Waals surface area contributed by atoms with Gasteiger partial charge < -0.3 is 10.2 Å². The molecule has 134 valence electrons. The number of aliphatic imine (C=N–C) groups is 1. The second-order valence-corrected chi connectivity index (χ2v) is 6.08. The zero-order chi connectivity index (χ0) is 18.3. The maximum absolute atomic E-state index is 13.8. The molecule has 1 aromatic carbocycles. The van der Waals surface area contributed by atoms with Crippen LogP contribution < -0.4 is 15.6 Å². The van der Waals surface area contributed by atoms with Crippen LogP contribution in [0, 0.1) is 25.5 Å². The van der Waals surface area contributed by atoms with Crippen molar-refractivity contribution in [3.05, 3.63) is 64.6 Å². The van der Waals surface area contributed by atoms with E-state index in [1.165, 1.54) is 18.2 Å². The minimum Gasteiger partial charge on any atom is -0.485 e. The van der Waals surface area contributed by atoms with E-state index in [2.05, 4.69) is 20.8 Å². The van der Waals surface area contributed by atoms with Gasteiger partial charge >= 0.3 is 0 Å². The first kappa shape index (κ1) is 16.5. The Morgan fingerprint density at radius 3 is 2.69 bits per heavy atom. The largest absolute Gasteiger partial charge is 0.485 e. The molecule has 3 heterocycles. The Balaban J connectivity index is 1.75. The highest BCUT2D eigenvalue weighted by molar-refractivity contribution is 5.99. The number of aryl methyl sites for hydroxylation is 2. The molecular weight excluding hydrogens is 340 g/mol. The van der Waals surface area contributed by atoms with Gasteiger partial charge in [0.15, 0.2) is 17.2 Å². The summed E-state index contributed by atoms with van der Waals surface area (Å²) in [6.07, 6.45) is 1.92. The highest BCUT2D eigenvalue weighted by Gasteiger charge is 2.20. The summed E-state index contributed by atoms with van der Waals surface area (Å²) in [4.78, 5) is 8.92. The number of nitrogens with one attached hydrogen (secondary N) is 2. The van der Waals surface area contributed by atoms with Gasteiger partial charge in [0.25, 0.3) is 0 Å². The number of ether oxygens (including phenoxy) is 1. The molecule has 26 heavy (non-hydrogen) atoms. The van der Waals surface area contributed by atoms with Crippen molar-refractivity contribution in [2.75, 3.05) is 6.67 Å². The molecule has 0 unspecified atom stereocenters. The van der Waals surface area contributed by atoms with Gasteiger partial charge in [-0.2, -0.15) is 0 Å². The van der Waals surface area contributed by atoms with Crippen molar-refractivity contribution in [1.29, 1.82) is 0 Å². The molecule has 0 atom stereocenters. The summed E-state index contributed by atoms with van der Waals surface area (Å²) in [7, 11) is 0. The zero-order valence-corrected chi connectivity index (χ0v) is 14.3. The standard InChI is InChI=1S/C18H17F2N5O/c1-10-6-15(26-8-12-13(19)4-3-5-14(12)20)18-23-11(2)16(25(18)7-10)17-21-9-22-24-17/h3-7,22H,8-9H2,1-2H3,(H,21,24). The average molecular weight is 357 g/mol. The molecule has 0 amide bonds. The summed E-state index contributed by atoms with van der Waals surface area (Å²) in [6, 6.07) is 5.55. The lowest BCUT2D eigenvalue weighted by atomic mass is 10.2. The van der Waals surface area contributed by atoms with E-state index in [9.17, 15) is 8.78 Å². The van der Waals surface area contributed by atoms with E-state index in [1.807, 2.05) is 24.4 Å². The number of hydrogen-bond acceptors (Lipinski definition) is 5. The predicted octanol–water partition coefficient (Wildman–Crippen LogP) is 2.62. The number of benzene rings is 1. The van der Waals surface area contributed by atoms with Gasteiger partial charge in [0, 0.05) is 6.20 Å². The Bertz CT molecular complexity index is 1010. The third-order valence-electron chi connectivity index (χ3n) is 4.18. The van der Waals surface area contributed by atoms with Gasteiger partial charge in [0.2, 0.25) is 0 Å². The highest BCUT2D eigenvalue weighted by Crippen LogP contribution is 2.26. The third kappa shape index (κ3) is 2.78. The topological polar surface area (TPSA) is 63.0 Å². The monoisotopic (exact) mass is 357 g/mol. The fourth-order valence-electron chi connectivity index (χ4n) is 2.98. The summed E-state index contributed by atoms with van der Waals surface area (Å²) < 4.78 is 35.3. The van der Waals surface area contributed by atoms with Crippen LogP contribution in [-0.2, 0) is 6.61 Å². The lowest BCUT2D eigenvalue weighted by Crippen LogP contribution is -2.31. The third-order valence-corrected chi connectivity index (χ3v) is 4.18. The van der Waals surface area contributed by atoms with Crippen LogP contribution in [0.2, 0.25) is 0 Å². The highest BCUT2D eigenvalue weighted by atomic mass is 19.1. The molecule has 0 bridgehead atoms. The van der Waals surface area contributed by atoms with Crippen molar-refractivity contribution in [2.45, 2.75) is 20.5 Å². The number of fused-ring (bicyclic) bond motifs is 1. The van der Waals surface area contributed by atoms with Crippen molar-refractivity contribution in [3.63, 3.8) is 0 Å². The van der Waals surface area contributed by atoms with Gasteiger partial charge in [-0.15, -0.1) is 0 Å². The summed E-state index contributed by atoms with van der Waals surface area (Å²) >= 11 is 0. The normalized spacial score (nSPS) is 13.8. The molecule has 2 N–H and O–H groups in total. The molecule has 3 aromatic rings. The number of nitrogens with zero attached hydrogens (tertiary/aromatic N) is 3. The van der Waals surface area contributed by atoms with Crippen LogP contribution in [0.25, 0.3) is 5.65 Å². The van der Waals surface area contributed by atoms with Crippen LogP contribution in [0.4, 0.5) is 8.78 Å². The number of amidine groups is 1. The maximum Gasteiger partial charge on any atom is 0.180 e. The van der Waals surface area contributed by atoms with E-state index in [-0.39, 0.29) is 12.2 Å². The van der Waals surface area contributed by atoms with Gasteiger partial charge in [0.05, 0.1) is 11.3 Å². The van der Waals surface area contributed by atoms with Gasteiger partial charge in [-0.25, -0.2) is 24.2 Å². The first-order valence-electron chi connectivity index (χ1n) is 8.13. The van der Waals surface area contributed by atoms with Crippen molar-refractivity contribution in [3.8, 4) is 5.75 Å². The summed E-state index contributed by atoms with van der Waals surface area (Å²) in [5.74, 6) is -0.130. The number of halogens is 2. The van der Waals surface area contributed by atoms with Gasteiger partial charge in [-0.3, -0.25) is 4.40 Å². The van der Waals surface area contributed by atoms with Gasteiger partial charge in [-0.1, -0.05) is 6.07 Å².